The number of ether oxygens (including phenoxy) is 1. The van der Waals surface area contributed by atoms with Gasteiger partial charge in [0.2, 0.25) is 0 Å². The Hall–Kier alpha value is -0.0400. The summed E-state index contributed by atoms with van der Waals surface area (Å²) in [5.74, 6) is 0.842. The molecule has 0 amide bonds. The van der Waals surface area contributed by atoms with Crippen LogP contribution in [0.25, 0.3) is 0 Å². The van der Waals surface area contributed by atoms with Crippen LogP contribution in [-0.2, 0) is 4.74 Å². The predicted molar refractivity (Wildman–Crippen MR) is 54.8 cm³/mol. The Labute approximate surface area is 81.9 Å². The van der Waals surface area contributed by atoms with Crippen LogP contribution in [0.3, 0.4) is 0 Å². The molecule has 2 bridgehead atoms. The molecule has 13 heavy (non-hydrogen) atoms. The quantitative estimate of drug-likeness (QED) is 0.635. The number of hydrogen-bond acceptors (Lipinski definition) is 1. The molecule has 2 heterocycles. The lowest BCUT2D eigenvalue weighted by molar-refractivity contribution is -0.240. The monoisotopic (exact) mass is 182 g/mol. The van der Waals surface area contributed by atoms with Crippen LogP contribution in [0, 0.1) is 5.92 Å². The van der Waals surface area contributed by atoms with Crippen LogP contribution in [0.1, 0.15) is 59.3 Å². The number of rotatable bonds is 2. The predicted octanol–water partition coefficient (Wildman–Crippen LogP) is 3.52. The van der Waals surface area contributed by atoms with E-state index in [2.05, 4.69) is 20.8 Å². The second-order valence-corrected chi connectivity index (χ2v) is 5.39. The third-order valence-electron chi connectivity index (χ3n) is 4.13. The van der Waals surface area contributed by atoms with Gasteiger partial charge < -0.3 is 4.74 Å². The molecule has 0 aromatic heterocycles. The van der Waals surface area contributed by atoms with Crippen LogP contribution < -0.4 is 0 Å². The van der Waals surface area contributed by atoms with Gasteiger partial charge in [0, 0.05) is 0 Å². The Bertz CT molecular complexity index is 191. The third-order valence-corrected chi connectivity index (χ3v) is 4.13. The van der Waals surface area contributed by atoms with E-state index in [0.29, 0.717) is 0 Å². The van der Waals surface area contributed by atoms with Gasteiger partial charge in [-0.25, -0.2) is 0 Å². The fourth-order valence-electron chi connectivity index (χ4n) is 3.34. The molecule has 2 aliphatic heterocycles. The number of hydrogen-bond donors (Lipinski definition) is 0. The van der Waals surface area contributed by atoms with E-state index < -0.39 is 0 Å². The first-order valence-corrected chi connectivity index (χ1v) is 5.78. The van der Waals surface area contributed by atoms with Gasteiger partial charge in [0.15, 0.2) is 0 Å². The topological polar surface area (TPSA) is 9.23 Å². The molecule has 1 aliphatic carbocycles. The van der Waals surface area contributed by atoms with Crippen LogP contribution in [-0.4, -0.2) is 11.2 Å². The molecule has 1 unspecified atom stereocenters. The molecule has 3 aliphatic rings. The average molecular weight is 182 g/mol. The van der Waals surface area contributed by atoms with E-state index in [0.717, 1.165) is 5.92 Å². The lowest BCUT2D eigenvalue weighted by atomic mass is 9.67. The zero-order valence-corrected chi connectivity index (χ0v) is 9.23. The van der Waals surface area contributed by atoms with Gasteiger partial charge in [0.25, 0.3) is 0 Å². The fraction of sp³-hybridized carbons (Fsp3) is 1.00. The van der Waals surface area contributed by atoms with E-state index in [-0.39, 0.29) is 11.2 Å². The first-order chi connectivity index (χ1) is 6.08. The molecule has 0 N–H and O–H groups in total. The van der Waals surface area contributed by atoms with Gasteiger partial charge >= 0.3 is 0 Å². The highest BCUT2D eigenvalue weighted by Gasteiger charge is 2.49. The van der Waals surface area contributed by atoms with Crippen molar-refractivity contribution in [1.29, 1.82) is 0 Å². The van der Waals surface area contributed by atoms with Crippen molar-refractivity contribution in [2.75, 3.05) is 0 Å². The third kappa shape index (κ3) is 1.52. The van der Waals surface area contributed by atoms with Gasteiger partial charge in [-0.2, -0.15) is 0 Å². The highest BCUT2D eigenvalue weighted by molar-refractivity contribution is 4.99. The highest BCUT2D eigenvalue weighted by Crippen LogP contribution is 2.51. The van der Waals surface area contributed by atoms with Crippen molar-refractivity contribution in [3.05, 3.63) is 0 Å². The van der Waals surface area contributed by atoms with E-state index >= 15 is 0 Å². The zero-order valence-electron chi connectivity index (χ0n) is 9.23. The van der Waals surface area contributed by atoms with E-state index in [1.807, 2.05) is 0 Å². The van der Waals surface area contributed by atoms with Crippen LogP contribution in [0.5, 0.6) is 0 Å². The van der Waals surface area contributed by atoms with Crippen molar-refractivity contribution in [2.45, 2.75) is 70.5 Å². The summed E-state index contributed by atoms with van der Waals surface area (Å²) in [6.07, 6.45) is 7.87. The Morgan fingerprint density at radius 3 is 2.31 bits per heavy atom. The summed E-state index contributed by atoms with van der Waals surface area (Å²) in [6.45, 7) is 6.90. The van der Waals surface area contributed by atoms with Gasteiger partial charge in [-0.05, 0) is 51.9 Å². The summed E-state index contributed by atoms with van der Waals surface area (Å²) in [6, 6.07) is 0. The zero-order chi connectivity index (χ0) is 9.53. The molecule has 76 valence electrons. The molecular formula is C12H22O. The smallest absolute Gasteiger partial charge is 0.0689 e. The van der Waals surface area contributed by atoms with E-state index in [1.54, 1.807) is 0 Å². The fourth-order valence-corrected chi connectivity index (χ4v) is 3.34. The molecule has 1 atom stereocenters. The molecule has 1 nitrogen and oxygen atoms in total. The Kier molecular flexibility index (Phi) is 2.18. The molecule has 3 rings (SSSR count). The van der Waals surface area contributed by atoms with Crippen LogP contribution >= 0.6 is 0 Å². The summed E-state index contributed by atoms with van der Waals surface area (Å²) in [7, 11) is 0. The van der Waals surface area contributed by atoms with Crippen LogP contribution in [0.15, 0.2) is 0 Å². The van der Waals surface area contributed by atoms with Crippen LogP contribution in [0.2, 0.25) is 0 Å². The normalized spacial score (nSPS) is 49.6. The first kappa shape index (κ1) is 9.51. The second-order valence-electron chi connectivity index (χ2n) is 5.39. The lowest BCUT2D eigenvalue weighted by Gasteiger charge is -2.55. The largest absolute Gasteiger partial charge is 0.369 e. The summed E-state index contributed by atoms with van der Waals surface area (Å²) in [5.41, 5.74) is 0.429. The van der Waals surface area contributed by atoms with E-state index in [4.69, 9.17) is 4.74 Å². The van der Waals surface area contributed by atoms with Gasteiger partial charge in [-0.15, -0.1) is 0 Å². The van der Waals surface area contributed by atoms with Crippen molar-refractivity contribution in [2.24, 2.45) is 5.92 Å². The maximum absolute atomic E-state index is 6.30. The molecule has 2 saturated heterocycles. The maximum atomic E-state index is 6.30. The first-order valence-electron chi connectivity index (χ1n) is 5.78. The molecular weight excluding hydrogens is 160 g/mol. The minimum atomic E-state index is 0.208. The van der Waals surface area contributed by atoms with Crippen molar-refractivity contribution < 1.29 is 4.74 Å². The highest BCUT2D eigenvalue weighted by atomic mass is 16.5. The van der Waals surface area contributed by atoms with Crippen molar-refractivity contribution in [1.82, 2.24) is 0 Å². The number of fused-ring (bicyclic) bond motifs is 3. The minimum Gasteiger partial charge on any atom is -0.369 e. The van der Waals surface area contributed by atoms with Crippen LogP contribution in [0.4, 0.5) is 0 Å². The Morgan fingerprint density at radius 2 is 1.85 bits per heavy atom. The Morgan fingerprint density at radius 1 is 1.23 bits per heavy atom. The average Bonchev–Trinajstić information content (AvgIpc) is 2.03. The van der Waals surface area contributed by atoms with Gasteiger partial charge in [-0.1, -0.05) is 13.3 Å². The maximum Gasteiger partial charge on any atom is 0.0689 e. The molecule has 0 aromatic rings. The van der Waals surface area contributed by atoms with Crippen molar-refractivity contribution in [3.63, 3.8) is 0 Å². The summed E-state index contributed by atoms with van der Waals surface area (Å²) in [5, 5.41) is 0. The van der Waals surface area contributed by atoms with Gasteiger partial charge in [0.1, 0.15) is 0 Å². The standard InChI is InChI=1S/C12H22O/c1-4-7-12(3)10-5-8-11(2,13-12)9-6-10/h10H,4-9H2,1-3H3. The molecule has 0 radical (unpaired) electrons. The second kappa shape index (κ2) is 2.98. The minimum absolute atomic E-state index is 0.208. The summed E-state index contributed by atoms with van der Waals surface area (Å²) < 4.78 is 6.30. The Balaban J connectivity index is 2.14. The van der Waals surface area contributed by atoms with Gasteiger partial charge in [0.05, 0.1) is 11.2 Å². The van der Waals surface area contributed by atoms with E-state index in [9.17, 15) is 0 Å². The summed E-state index contributed by atoms with van der Waals surface area (Å²) in [4.78, 5) is 0. The van der Waals surface area contributed by atoms with Crippen molar-refractivity contribution >= 4 is 0 Å². The molecule has 1 heteroatoms. The van der Waals surface area contributed by atoms with Crippen molar-refractivity contribution in [3.8, 4) is 0 Å². The SMILES string of the molecule is CCCC1(C)OC2(C)CCC1CC2. The molecule has 0 spiro atoms. The lowest BCUT2D eigenvalue weighted by Crippen LogP contribution is -2.55. The molecule has 0 aromatic carbocycles. The summed E-state index contributed by atoms with van der Waals surface area (Å²) >= 11 is 0. The molecule has 1 saturated carbocycles. The molecule has 3 fully saturated rings. The van der Waals surface area contributed by atoms with Gasteiger partial charge in [-0.3, -0.25) is 0 Å². The van der Waals surface area contributed by atoms with E-state index in [1.165, 1.54) is 38.5 Å².